The number of fused-ring (bicyclic) bond motifs is 13. The fraction of sp³-hybridized carbons (Fsp3) is 0.425. The van der Waals surface area contributed by atoms with E-state index in [1.165, 1.54) is 165 Å². The van der Waals surface area contributed by atoms with Gasteiger partial charge in [-0.05, 0) is 240 Å². The fourth-order valence-corrected chi connectivity index (χ4v) is 18.3. The average molecular weight is 1210 g/mol. The highest BCUT2D eigenvalue weighted by molar-refractivity contribution is 7.00. The summed E-state index contributed by atoms with van der Waals surface area (Å²) in [5, 5.41) is 3.77. The highest BCUT2D eigenvalue weighted by Gasteiger charge is 2.52. The predicted molar refractivity (Wildman–Crippen MR) is 395 cm³/mol. The van der Waals surface area contributed by atoms with Crippen LogP contribution in [0.4, 0.5) is 34.1 Å². The zero-order chi connectivity index (χ0) is 64.9. The molecule has 0 unspecified atom stereocenters. The molecule has 470 valence electrons. The molecular weight excluding hydrogens is 1110 g/mol. The van der Waals surface area contributed by atoms with E-state index in [-0.39, 0.29) is 55.4 Å². The first-order valence-corrected chi connectivity index (χ1v) is 35.1. The van der Waals surface area contributed by atoms with E-state index >= 15 is 0 Å². The Morgan fingerprint density at radius 3 is 1.40 bits per heavy atom. The van der Waals surface area contributed by atoms with E-state index < -0.39 is 0 Å². The Kier molecular flexibility index (Phi) is 12.3. The molecule has 0 saturated heterocycles. The minimum absolute atomic E-state index is 0.0165. The van der Waals surface area contributed by atoms with Crippen molar-refractivity contribution in [1.29, 1.82) is 0 Å². The summed E-state index contributed by atoms with van der Waals surface area (Å²) in [7, 11) is 0. The number of nitrogens with zero attached hydrogens (tertiary/aromatic N) is 3. The largest absolute Gasteiger partial charge is 0.468 e. The molecule has 17 rings (SSSR count). The molecule has 0 radical (unpaired) electrons. The number of hydrogen-bond donors (Lipinski definition) is 0. The Morgan fingerprint density at radius 1 is 0.402 bits per heavy atom. The summed E-state index contributed by atoms with van der Waals surface area (Å²) in [5.74, 6) is 0. The number of anilines is 6. The molecule has 10 aromatic rings. The molecule has 4 heterocycles. The van der Waals surface area contributed by atoms with Gasteiger partial charge in [-0.3, -0.25) is 0 Å². The zero-order valence-corrected chi connectivity index (χ0v) is 59.2. The quantitative estimate of drug-likeness (QED) is 0.164. The molecule has 1 fully saturated rings. The lowest BCUT2D eigenvalue weighted by Crippen LogP contribution is -2.61. The summed E-state index contributed by atoms with van der Waals surface area (Å²) in [6.45, 7) is 48.6. The Morgan fingerprint density at radius 2 is 0.870 bits per heavy atom. The first-order valence-electron chi connectivity index (χ1n) is 35.1. The highest BCUT2D eigenvalue weighted by Crippen LogP contribution is 2.60. The lowest BCUT2D eigenvalue weighted by atomic mass is 9.35. The summed E-state index contributed by atoms with van der Waals surface area (Å²) in [6, 6.07) is 54.6. The van der Waals surface area contributed by atoms with Crippen LogP contribution in [0.5, 0.6) is 0 Å². The Bertz CT molecular complexity index is 4740. The van der Waals surface area contributed by atoms with Gasteiger partial charge in [0, 0.05) is 44.5 Å². The van der Waals surface area contributed by atoms with Crippen LogP contribution in [-0.4, -0.2) is 11.3 Å². The lowest BCUT2D eigenvalue weighted by molar-refractivity contribution is 0.188. The number of aryl methyl sites for hydroxylation is 1. The standard InChI is InChI=1S/C87H98BN3O/c1-51-40-61-63(84(15,16)34-32-82(61,11)12)48-68(51)90-72-43-55(81(8,9)10)28-31-67(72)88-76-73(90)44-56(89-69-41-53(79(2,3)4)26-29-57(69)58-30-27-54(42-70(58)89)80(5,6)7)45-74(76)91(77-60-47-65-66(50-75(60)92-78(77)88)87(20)38-36-86(65,19)37-39-87)71-49-64-62(83(13,14)33-35-85(64,17)18)46-59(71)52-24-22-21-23-25-52/h21-31,40-50H,32-39H2,1-20H3. The maximum atomic E-state index is 8.06. The van der Waals surface area contributed by atoms with Crippen LogP contribution in [0, 0.1) is 6.92 Å². The van der Waals surface area contributed by atoms with E-state index in [2.05, 4.69) is 286 Å². The minimum Gasteiger partial charge on any atom is -0.468 e. The molecule has 2 aliphatic heterocycles. The normalized spacial score (nSPS) is 21.5. The second kappa shape index (κ2) is 19.0. The maximum Gasteiger partial charge on any atom is 0.297 e. The molecule has 0 amide bonds. The molecule has 2 aromatic heterocycles. The Balaban J connectivity index is 1.13. The van der Waals surface area contributed by atoms with Crippen molar-refractivity contribution < 1.29 is 4.42 Å². The first-order chi connectivity index (χ1) is 43.1. The summed E-state index contributed by atoms with van der Waals surface area (Å²) in [6.07, 6.45) is 9.39. The summed E-state index contributed by atoms with van der Waals surface area (Å²) in [5.41, 5.74) is 32.1. The highest BCUT2D eigenvalue weighted by atomic mass is 16.3. The van der Waals surface area contributed by atoms with Crippen molar-refractivity contribution in [3.63, 3.8) is 0 Å². The monoisotopic (exact) mass is 1210 g/mol. The number of hydrogen-bond acceptors (Lipinski definition) is 3. The summed E-state index contributed by atoms with van der Waals surface area (Å²) in [4.78, 5) is 5.54. The van der Waals surface area contributed by atoms with Crippen LogP contribution in [0.2, 0.25) is 0 Å². The van der Waals surface area contributed by atoms with E-state index in [4.69, 9.17) is 4.42 Å². The third-order valence-electron chi connectivity index (χ3n) is 24.9. The van der Waals surface area contributed by atoms with Crippen LogP contribution >= 0.6 is 0 Å². The smallest absolute Gasteiger partial charge is 0.297 e. The van der Waals surface area contributed by atoms with Crippen molar-refractivity contribution in [2.75, 3.05) is 9.80 Å². The molecule has 0 N–H and O–H groups in total. The first kappa shape index (κ1) is 59.8. The lowest BCUT2D eigenvalue weighted by Gasteiger charge is -2.52. The van der Waals surface area contributed by atoms with Crippen LogP contribution in [0.1, 0.15) is 239 Å². The van der Waals surface area contributed by atoms with Crippen molar-refractivity contribution >= 4 is 90.2 Å². The van der Waals surface area contributed by atoms with Gasteiger partial charge in [0.2, 0.25) is 0 Å². The van der Waals surface area contributed by atoms with Crippen LogP contribution in [0.25, 0.3) is 49.6 Å². The minimum atomic E-state index is -0.229. The van der Waals surface area contributed by atoms with Gasteiger partial charge >= 0.3 is 0 Å². The van der Waals surface area contributed by atoms with E-state index in [0.717, 1.165) is 42.6 Å². The maximum absolute atomic E-state index is 8.06. The van der Waals surface area contributed by atoms with Gasteiger partial charge in [0.1, 0.15) is 5.58 Å². The molecule has 92 heavy (non-hydrogen) atoms. The van der Waals surface area contributed by atoms with Crippen molar-refractivity contribution in [2.24, 2.45) is 0 Å². The second-order valence-corrected chi connectivity index (χ2v) is 36.2. The Labute approximate surface area is 550 Å². The van der Waals surface area contributed by atoms with E-state index in [0.29, 0.717) is 0 Å². The van der Waals surface area contributed by atoms with Crippen LogP contribution in [0.15, 0.2) is 138 Å². The topological polar surface area (TPSA) is 24.6 Å². The predicted octanol–water partition coefficient (Wildman–Crippen LogP) is 22.3. The van der Waals surface area contributed by atoms with Gasteiger partial charge in [0.05, 0.1) is 33.8 Å². The van der Waals surface area contributed by atoms with Gasteiger partial charge in [-0.15, -0.1) is 0 Å². The number of furan rings is 1. The second-order valence-electron chi connectivity index (χ2n) is 36.2. The van der Waals surface area contributed by atoms with E-state index in [9.17, 15) is 0 Å². The molecule has 0 atom stereocenters. The summed E-state index contributed by atoms with van der Waals surface area (Å²) < 4.78 is 10.7. The van der Waals surface area contributed by atoms with E-state index in [1.807, 2.05) is 0 Å². The van der Waals surface area contributed by atoms with Gasteiger partial charge in [0.25, 0.3) is 6.71 Å². The number of rotatable bonds is 4. The molecule has 5 heteroatoms. The number of aromatic nitrogens is 1. The molecule has 2 bridgehead atoms. The van der Waals surface area contributed by atoms with Crippen molar-refractivity contribution in [2.45, 2.75) is 239 Å². The molecule has 4 nitrogen and oxygen atoms in total. The van der Waals surface area contributed by atoms with Crippen molar-refractivity contribution in [1.82, 2.24) is 4.57 Å². The number of benzene rings is 8. The van der Waals surface area contributed by atoms with Gasteiger partial charge in [-0.1, -0.05) is 204 Å². The van der Waals surface area contributed by atoms with Gasteiger partial charge in [-0.25, -0.2) is 0 Å². The third-order valence-corrected chi connectivity index (χ3v) is 24.9. The summed E-state index contributed by atoms with van der Waals surface area (Å²) >= 11 is 0. The van der Waals surface area contributed by atoms with Crippen LogP contribution in [-0.2, 0) is 48.7 Å². The third kappa shape index (κ3) is 8.59. The molecule has 1 saturated carbocycles. The fourth-order valence-electron chi connectivity index (χ4n) is 18.3. The van der Waals surface area contributed by atoms with E-state index in [1.54, 1.807) is 0 Å². The molecular formula is C87H98BN3O. The molecule has 5 aliphatic carbocycles. The molecule has 7 aliphatic rings. The molecule has 0 spiro atoms. The zero-order valence-electron chi connectivity index (χ0n) is 59.2. The van der Waals surface area contributed by atoms with Crippen molar-refractivity contribution in [3.05, 3.63) is 189 Å². The van der Waals surface area contributed by atoms with Gasteiger partial charge in [-0.2, -0.15) is 0 Å². The average Bonchev–Trinajstić information content (AvgIpc) is 1.25. The van der Waals surface area contributed by atoms with Gasteiger partial charge in [0.15, 0.2) is 0 Å². The SMILES string of the molecule is Cc1cc2c(cc1N1c3cc(C(C)(C)C)ccc3B3c4oc5cc6c(cc5c4N(c4cc5c(cc4-c4ccccc4)C(C)(C)CCC5(C)C)c4cc(-n5c7cc(C(C)(C)C)ccc7c7ccc(C(C)(C)C)cc75)cc1c43)C1(C)CCC6(C)CC1)C(C)(C)CCC2(C)C. The van der Waals surface area contributed by atoms with Gasteiger partial charge < -0.3 is 18.8 Å². The molecule has 8 aromatic carbocycles. The van der Waals surface area contributed by atoms with Crippen molar-refractivity contribution in [3.8, 4) is 16.8 Å². The van der Waals surface area contributed by atoms with Crippen LogP contribution in [0.3, 0.4) is 0 Å². The van der Waals surface area contributed by atoms with Crippen LogP contribution < -0.4 is 26.4 Å². The Hall–Kier alpha value is -7.24.